The van der Waals surface area contributed by atoms with Crippen LogP contribution in [0.5, 0.6) is 5.75 Å². The lowest BCUT2D eigenvalue weighted by molar-refractivity contribution is -0.0151. The molecule has 0 aliphatic carbocycles. The van der Waals surface area contributed by atoms with Crippen LogP contribution in [-0.2, 0) is 4.74 Å². The van der Waals surface area contributed by atoms with E-state index in [0.29, 0.717) is 6.61 Å². The van der Waals surface area contributed by atoms with Gasteiger partial charge in [-0.15, -0.1) is 0 Å². The van der Waals surface area contributed by atoms with Crippen molar-refractivity contribution in [3.05, 3.63) is 30.3 Å². The molecule has 1 rings (SSSR count). The second-order valence-electron chi connectivity index (χ2n) is 2.37. The predicted molar refractivity (Wildman–Crippen MR) is 51.3 cm³/mol. The Morgan fingerprint density at radius 1 is 1.58 bits per heavy atom. The Bertz CT molecular complexity index is 213. The Kier molecular flexibility index (Phi) is 3.83. The summed E-state index contributed by atoms with van der Waals surface area (Å²) >= 11 is 0. The summed E-state index contributed by atoms with van der Waals surface area (Å²) in [6.07, 6.45) is 0. The summed E-state index contributed by atoms with van der Waals surface area (Å²) in [6.45, 7) is 2.66. The van der Waals surface area contributed by atoms with Gasteiger partial charge in [-0.3, -0.25) is 0 Å². The Labute approximate surface area is 75.9 Å². The Morgan fingerprint density at radius 2 is 2.42 bits per heavy atom. The normalized spacial score (nSPS) is 12.8. The summed E-state index contributed by atoms with van der Waals surface area (Å²) < 4.78 is 10.7. The van der Waals surface area contributed by atoms with Crippen LogP contribution in [0, 0.1) is 6.07 Å². The minimum atomic E-state index is -0.0614. The number of ether oxygens (including phenoxy) is 2. The maximum atomic E-state index is 5.44. The highest BCUT2D eigenvalue weighted by Crippen LogP contribution is 2.08. The quantitative estimate of drug-likeness (QED) is 0.499. The summed E-state index contributed by atoms with van der Waals surface area (Å²) in [5.41, 5.74) is 0. The van der Waals surface area contributed by atoms with E-state index in [1.807, 2.05) is 31.2 Å². The van der Waals surface area contributed by atoms with Gasteiger partial charge in [0.2, 0.25) is 0 Å². The van der Waals surface area contributed by atoms with Gasteiger partial charge in [0.15, 0.2) is 5.91 Å². The van der Waals surface area contributed by atoms with E-state index in [9.17, 15) is 0 Å². The summed E-state index contributed by atoms with van der Waals surface area (Å²) in [7, 11) is 0.869. The topological polar surface area (TPSA) is 18.5 Å². The van der Waals surface area contributed by atoms with Crippen molar-refractivity contribution in [2.24, 2.45) is 0 Å². The maximum absolute atomic E-state index is 5.44. The van der Waals surface area contributed by atoms with Gasteiger partial charge in [0.1, 0.15) is 5.75 Å². The SMILES string of the molecule is CCOC([SiH3])Oc1[c]cccc1. The average molecular weight is 181 g/mol. The molecular formula is C9H13O2Si. The molecule has 0 saturated carbocycles. The lowest BCUT2D eigenvalue weighted by Gasteiger charge is -2.13. The fraction of sp³-hybridized carbons (Fsp3) is 0.333. The van der Waals surface area contributed by atoms with Gasteiger partial charge in [0.25, 0.3) is 0 Å². The molecule has 0 aliphatic rings. The van der Waals surface area contributed by atoms with Crippen molar-refractivity contribution in [3.8, 4) is 5.75 Å². The third kappa shape index (κ3) is 3.07. The van der Waals surface area contributed by atoms with E-state index >= 15 is 0 Å². The van der Waals surface area contributed by atoms with Crippen molar-refractivity contribution in [3.63, 3.8) is 0 Å². The van der Waals surface area contributed by atoms with E-state index in [1.165, 1.54) is 0 Å². The van der Waals surface area contributed by atoms with Crippen LogP contribution >= 0.6 is 0 Å². The highest BCUT2D eigenvalue weighted by Gasteiger charge is 2.00. The van der Waals surface area contributed by atoms with Crippen molar-refractivity contribution >= 4 is 10.2 Å². The molecule has 65 valence electrons. The largest absolute Gasteiger partial charge is 0.469 e. The smallest absolute Gasteiger partial charge is 0.170 e. The molecule has 0 saturated heterocycles. The molecule has 0 fully saturated rings. The summed E-state index contributed by atoms with van der Waals surface area (Å²) in [5.74, 6) is 0.694. The first-order chi connectivity index (χ1) is 5.83. The van der Waals surface area contributed by atoms with E-state index in [1.54, 1.807) is 0 Å². The summed E-state index contributed by atoms with van der Waals surface area (Å²) in [5, 5.41) is 0. The number of hydrogen-bond donors (Lipinski definition) is 0. The van der Waals surface area contributed by atoms with Gasteiger partial charge in [-0.05, 0) is 13.0 Å². The van der Waals surface area contributed by atoms with Gasteiger partial charge in [-0.25, -0.2) is 0 Å². The Balaban J connectivity index is 2.41. The zero-order valence-corrected chi connectivity index (χ0v) is 9.41. The van der Waals surface area contributed by atoms with E-state index < -0.39 is 0 Å². The van der Waals surface area contributed by atoms with Crippen LogP contribution < -0.4 is 4.74 Å². The highest BCUT2D eigenvalue weighted by molar-refractivity contribution is 6.10. The molecule has 0 N–H and O–H groups in total. The Morgan fingerprint density at radius 3 is 3.00 bits per heavy atom. The van der Waals surface area contributed by atoms with Gasteiger partial charge >= 0.3 is 0 Å². The molecule has 0 bridgehead atoms. The average Bonchev–Trinajstić information content (AvgIpc) is 2.06. The maximum Gasteiger partial charge on any atom is 0.170 e. The molecule has 0 heterocycles. The molecule has 2 nitrogen and oxygen atoms in total. The zero-order valence-electron chi connectivity index (χ0n) is 7.41. The van der Waals surface area contributed by atoms with Crippen LogP contribution in [0.15, 0.2) is 24.3 Å². The van der Waals surface area contributed by atoms with Crippen molar-refractivity contribution in [2.45, 2.75) is 12.8 Å². The molecule has 1 aromatic rings. The molecular weight excluding hydrogens is 168 g/mol. The third-order valence-corrected chi connectivity index (χ3v) is 1.94. The number of rotatable bonds is 4. The molecule has 1 radical (unpaired) electrons. The van der Waals surface area contributed by atoms with E-state index in [4.69, 9.17) is 9.47 Å². The zero-order chi connectivity index (χ0) is 8.81. The highest BCUT2D eigenvalue weighted by atomic mass is 28.1. The summed E-state index contributed by atoms with van der Waals surface area (Å²) in [6, 6.07) is 10.5. The molecule has 0 spiro atoms. The number of para-hydroxylation sites is 1. The first-order valence-corrected chi connectivity index (χ1v) is 5.23. The minimum absolute atomic E-state index is 0.0614. The monoisotopic (exact) mass is 181 g/mol. The van der Waals surface area contributed by atoms with Gasteiger partial charge in [0, 0.05) is 12.7 Å². The van der Waals surface area contributed by atoms with Crippen LogP contribution in [0.4, 0.5) is 0 Å². The molecule has 12 heavy (non-hydrogen) atoms. The van der Waals surface area contributed by atoms with Crippen LogP contribution in [0.2, 0.25) is 0 Å². The number of benzene rings is 1. The van der Waals surface area contributed by atoms with Gasteiger partial charge in [0.05, 0.1) is 10.2 Å². The van der Waals surface area contributed by atoms with Gasteiger partial charge in [-0.2, -0.15) is 0 Å². The third-order valence-electron chi connectivity index (χ3n) is 1.37. The first-order valence-electron chi connectivity index (χ1n) is 4.08. The van der Waals surface area contributed by atoms with Gasteiger partial charge < -0.3 is 9.47 Å². The van der Waals surface area contributed by atoms with E-state index in [2.05, 4.69) is 6.07 Å². The van der Waals surface area contributed by atoms with Crippen molar-refractivity contribution in [1.82, 2.24) is 0 Å². The van der Waals surface area contributed by atoms with E-state index in [-0.39, 0.29) is 5.91 Å². The minimum Gasteiger partial charge on any atom is -0.469 e. The van der Waals surface area contributed by atoms with Crippen LogP contribution in [0.1, 0.15) is 6.92 Å². The van der Waals surface area contributed by atoms with E-state index in [0.717, 1.165) is 16.0 Å². The van der Waals surface area contributed by atoms with Gasteiger partial charge in [-0.1, -0.05) is 18.2 Å². The lowest BCUT2D eigenvalue weighted by atomic mass is 10.3. The van der Waals surface area contributed by atoms with Crippen LogP contribution in [-0.4, -0.2) is 22.8 Å². The first kappa shape index (κ1) is 9.29. The van der Waals surface area contributed by atoms with Crippen molar-refractivity contribution < 1.29 is 9.47 Å². The predicted octanol–water partition coefficient (Wildman–Crippen LogP) is 0.551. The molecule has 1 atom stereocenters. The molecule has 0 amide bonds. The van der Waals surface area contributed by atoms with Crippen molar-refractivity contribution in [2.75, 3.05) is 6.61 Å². The van der Waals surface area contributed by atoms with Crippen molar-refractivity contribution in [1.29, 1.82) is 0 Å². The van der Waals surface area contributed by atoms with Crippen LogP contribution in [0.3, 0.4) is 0 Å². The molecule has 0 aliphatic heterocycles. The molecule has 1 unspecified atom stereocenters. The van der Waals surface area contributed by atoms with Crippen LogP contribution in [0.25, 0.3) is 0 Å². The second-order valence-corrected chi connectivity index (χ2v) is 3.31. The number of hydrogen-bond acceptors (Lipinski definition) is 2. The fourth-order valence-corrected chi connectivity index (χ4v) is 1.48. The Hall–Kier alpha value is -0.803. The second kappa shape index (κ2) is 4.95. The molecule has 0 aromatic heterocycles. The summed E-state index contributed by atoms with van der Waals surface area (Å²) in [4.78, 5) is 0. The standard InChI is InChI=1S/C9H13O2Si/c1-2-10-9(12)11-8-6-4-3-5-7-8/h3-6,9H,2H2,1,12H3. The lowest BCUT2D eigenvalue weighted by Crippen LogP contribution is -2.20. The fourth-order valence-electron chi connectivity index (χ4n) is 0.898. The molecule has 3 heteroatoms. The molecule has 1 aromatic carbocycles.